The van der Waals surface area contributed by atoms with E-state index in [4.69, 9.17) is 10.5 Å². The molecule has 3 atom stereocenters. The molecule has 1 aliphatic carbocycles. The number of piperidine rings is 1. The van der Waals surface area contributed by atoms with Gasteiger partial charge in [0.1, 0.15) is 24.2 Å². The molecular weight excluding hydrogens is 416 g/mol. The summed E-state index contributed by atoms with van der Waals surface area (Å²) in [7, 11) is 0. The molecule has 4 heterocycles. The summed E-state index contributed by atoms with van der Waals surface area (Å²) in [4.78, 5) is 6.95. The molecule has 2 aliphatic rings. The smallest absolute Gasteiger partial charge is 0.138 e. The number of nitrogens with zero attached hydrogens (tertiary/aromatic N) is 5. The van der Waals surface area contributed by atoms with E-state index >= 15 is 0 Å². The number of rotatable bonds is 5. The van der Waals surface area contributed by atoms with Crippen LogP contribution in [0, 0.1) is 23.2 Å². The van der Waals surface area contributed by atoms with E-state index in [1.54, 1.807) is 30.8 Å². The van der Waals surface area contributed by atoms with E-state index in [1.165, 1.54) is 0 Å². The molecule has 0 aromatic carbocycles. The van der Waals surface area contributed by atoms with Gasteiger partial charge in [-0.25, -0.2) is 9.50 Å². The summed E-state index contributed by atoms with van der Waals surface area (Å²) in [6, 6.07) is 8.44. The number of aromatic nitrogens is 3. The maximum Gasteiger partial charge on any atom is 0.138 e. The summed E-state index contributed by atoms with van der Waals surface area (Å²) in [6.45, 7) is 5.44. The zero-order valence-electron chi connectivity index (χ0n) is 17.4. The van der Waals surface area contributed by atoms with Crippen molar-refractivity contribution in [2.75, 3.05) is 24.6 Å². The predicted octanol–water partition coefficient (Wildman–Crippen LogP) is 2.23. The Morgan fingerprint density at radius 1 is 1.29 bits per heavy atom. The molecule has 0 radical (unpaired) electrons. The number of pyridine rings is 2. The van der Waals surface area contributed by atoms with E-state index < -0.39 is 5.60 Å². The van der Waals surface area contributed by atoms with Crippen LogP contribution in [0.25, 0.3) is 16.6 Å². The van der Waals surface area contributed by atoms with Crippen molar-refractivity contribution in [2.24, 2.45) is 17.6 Å². The van der Waals surface area contributed by atoms with Crippen LogP contribution in [-0.4, -0.2) is 51.0 Å². The Hall–Kier alpha value is -2.86. The molecule has 1 aliphatic heterocycles. The summed E-state index contributed by atoms with van der Waals surface area (Å²) in [6.07, 6.45) is 5.08. The molecule has 3 N–H and O–H groups in total. The zero-order chi connectivity index (χ0) is 21.0. The van der Waals surface area contributed by atoms with Crippen LogP contribution in [0.2, 0.25) is 0 Å². The van der Waals surface area contributed by atoms with Gasteiger partial charge in [0.15, 0.2) is 0 Å². The van der Waals surface area contributed by atoms with Crippen molar-refractivity contribution in [3.63, 3.8) is 0 Å². The normalized spacial score (nSPS) is 22.0. The van der Waals surface area contributed by atoms with Crippen molar-refractivity contribution in [1.29, 1.82) is 5.26 Å². The van der Waals surface area contributed by atoms with E-state index in [-0.39, 0.29) is 19.0 Å². The number of hydrogen-bond acceptors (Lipinski definition) is 7. The van der Waals surface area contributed by atoms with Gasteiger partial charge in [-0.05, 0) is 43.9 Å². The van der Waals surface area contributed by atoms with Gasteiger partial charge < -0.3 is 20.5 Å². The minimum Gasteiger partial charge on any atom is -0.489 e. The summed E-state index contributed by atoms with van der Waals surface area (Å²) in [5.74, 6) is 2.70. The van der Waals surface area contributed by atoms with Crippen molar-refractivity contribution in [3.05, 3.63) is 42.4 Å². The average molecular weight is 441 g/mol. The monoisotopic (exact) mass is 440 g/mol. The second kappa shape index (κ2) is 7.68. The van der Waals surface area contributed by atoms with Crippen LogP contribution in [0.3, 0.4) is 0 Å². The van der Waals surface area contributed by atoms with Crippen molar-refractivity contribution in [3.8, 4) is 22.9 Å². The second-order valence-electron chi connectivity index (χ2n) is 8.87. The Labute approximate surface area is 186 Å². The number of halogens is 1. The first-order valence-electron chi connectivity index (χ1n) is 10.1. The SMILES string of the molecule is CC(C)(O)COc1cc(-c2ccc(N3C[C@@H]4[C@@H](N)[C@@H]4C3)nc2)c2c(C#N)cnn2c1.Cl. The number of anilines is 1. The van der Waals surface area contributed by atoms with Gasteiger partial charge in [-0.2, -0.15) is 10.4 Å². The fourth-order valence-electron chi connectivity index (χ4n) is 4.23. The van der Waals surface area contributed by atoms with E-state index in [9.17, 15) is 10.4 Å². The number of fused-ring (bicyclic) bond motifs is 2. The molecule has 2 fully saturated rings. The maximum atomic E-state index is 9.98. The first kappa shape index (κ1) is 21.4. The molecule has 162 valence electrons. The van der Waals surface area contributed by atoms with Gasteiger partial charge in [-0.3, -0.25) is 0 Å². The Kier molecular flexibility index (Phi) is 5.30. The Bertz CT molecular complexity index is 1140. The molecule has 3 aromatic rings. The fraction of sp³-hybridized carbons (Fsp3) is 0.409. The van der Waals surface area contributed by atoms with E-state index in [0.29, 0.717) is 34.7 Å². The summed E-state index contributed by atoms with van der Waals surface area (Å²) in [5, 5.41) is 23.8. The highest BCUT2D eigenvalue weighted by atomic mass is 35.5. The van der Waals surface area contributed by atoms with Crippen molar-refractivity contribution < 1.29 is 9.84 Å². The molecule has 5 rings (SSSR count). The molecule has 8 nitrogen and oxygen atoms in total. The number of aliphatic hydroxyl groups is 1. The van der Waals surface area contributed by atoms with Gasteiger partial charge in [0.2, 0.25) is 0 Å². The number of ether oxygens (including phenoxy) is 1. The largest absolute Gasteiger partial charge is 0.489 e. The maximum absolute atomic E-state index is 9.98. The molecule has 0 unspecified atom stereocenters. The molecule has 31 heavy (non-hydrogen) atoms. The Morgan fingerprint density at radius 2 is 2.03 bits per heavy atom. The van der Waals surface area contributed by atoms with E-state index in [2.05, 4.69) is 21.1 Å². The highest BCUT2D eigenvalue weighted by Gasteiger charge is 2.53. The van der Waals surface area contributed by atoms with Crippen molar-refractivity contribution >= 4 is 23.7 Å². The zero-order valence-corrected chi connectivity index (χ0v) is 18.2. The Morgan fingerprint density at radius 3 is 2.65 bits per heavy atom. The third kappa shape index (κ3) is 3.92. The standard InChI is InChI=1S/C22H24N6O2.ClH/c1-22(2,29)12-30-15-5-16(21-14(6-23)8-26-28(21)9-15)13-3-4-19(25-7-13)27-10-17-18(11-27)20(17)24;/h3-5,7-9,17-18,20,29H,10-12,24H2,1-2H3;1H/t17-,18+,20+;. The van der Waals surface area contributed by atoms with Crippen molar-refractivity contribution in [2.45, 2.75) is 25.5 Å². The molecule has 0 spiro atoms. The van der Waals surface area contributed by atoms with Crippen LogP contribution in [0.15, 0.2) is 36.8 Å². The quantitative estimate of drug-likeness (QED) is 0.625. The van der Waals surface area contributed by atoms with E-state index in [1.807, 2.05) is 24.4 Å². The molecule has 9 heteroatoms. The van der Waals surface area contributed by atoms with Gasteiger partial charge >= 0.3 is 0 Å². The third-order valence-corrected chi connectivity index (χ3v) is 5.94. The lowest BCUT2D eigenvalue weighted by Gasteiger charge is -2.20. The molecular formula is C22H25ClN6O2. The van der Waals surface area contributed by atoms with Gasteiger partial charge in [0.05, 0.1) is 29.1 Å². The number of hydrogen-bond donors (Lipinski definition) is 2. The minimum absolute atomic E-state index is 0. The van der Waals surface area contributed by atoms with Gasteiger partial charge in [0.25, 0.3) is 0 Å². The van der Waals surface area contributed by atoms with Crippen LogP contribution >= 0.6 is 12.4 Å². The van der Waals surface area contributed by atoms with Crippen LogP contribution in [0.5, 0.6) is 5.75 Å². The summed E-state index contributed by atoms with van der Waals surface area (Å²) in [5.41, 5.74) is 7.95. The molecule has 1 saturated carbocycles. The highest BCUT2D eigenvalue weighted by molar-refractivity contribution is 5.85. The Balaban J connectivity index is 0.00000231. The average Bonchev–Trinajstić information content (AvgIpc) is 3.10. The van der Waals surface area contributed by atoms with Crippen molar-refractivity contribution in [1.82, 2.24) is 14.6 Å². The molecule has 0 amide bonds. The van der Waals surface area contributed by atoms with Crippen LogP contribution < -0.4 is 15.4 Å². The number of nitriles is 1. The molecule has 3 aromatic heterocycles. The lowest BCUT2D eigenvalue weighted by molar-refractivity contribution is 0.0283. The lowest BCUT2D eigenvalue weighted by Crippen LogP contribution is -2.28. The van der Waals surface area contributed by atoms with Gasteiger partial charge in [0, 0.05) is 36.5 Å². The predicted molar refractivity (Wildman–Crippen MR) is 119 cm³/mol. The fourth-order valence-corrected chi connectivity index (χ4v) is 4.23. The first-order valence-corrected chi connectivity index (χ1v) is 10.1. The van der Waals surface area contributed by atoms with Gasteiger partial charge in [-0.1, -0.05) is 0 Å². The first-order chi connectivity index (χ1) is 14.3. The summed E-state index contributed by atoms with van der Waals surface area (Å²) >= 11 is 0. The number of nitrogens with two attached hydrogens (primary N) is 1. The molecule has 0 bridgehead atoms. The van der Waals surface area contributed by atoms with E-state index in [0.717, 1.165) is 30.0 Å². The van der Waals surface area contributed by atoms with Crippen LogP contribution in [0.1, 0.15) is 19.4 Å². The topological polar surface area (TPSA) is 113 Å². The van der Waals surface area contributed by atoms with Gasteiger partial charge in [-0.15, -0.1) is 12.4 Å². The minimum atomic E-state index is -0.959. The molecule has 1 saturated heterocycles. The van der Waals surface area contributed by atoms with Crippen LogP contribution in [-0.2, 0) is 0 Å². The second-order valence-corrected chi connectivity index (χ2v) is 8.87. The highest BCUT2D eigenvalue weighted by Crippen LogP contribution is 2.45. The lowest BCUT2D eigenvalue weighted by atomic mass is 10.1. The summed E-state index contributed by atoms with van der Waals surface area (Å²) < 4.78 is 7.42. The van der Waals surface area contributed by atoms with Crippen LogP contribution in [0.4, 0.5) is 5.82 Å². The third-order valence-electron chi connectivity index (χ3n) is 5.94.